The Kier molecular flexibility index (Phi) is 5.20. The molecular weight excluding hydrogens is 356 g/mol. The fraction of sp³-hybridized carbons (Fsp3) is 0.200. The zero-order valence-electron chi connectivity index (χ0n) is 15.0. The first kappa shape index (κ1) is 17.4. The van der Waals surface area contributed by atoms with Gasteiger partial charge in [0, 0.05) is 36.4 Å². The fourth-order valence-corrected chi connectivity index (χ4v) is 3.76. The van der Waals surface area contributed by atoms with Gasteiger partial charge in [-0.25, -0.2) is 19.9 Å². The average Bonchev–Trinajstić information content (AvgIpc) is 3.14. The Hall–Kier alpha value is -3.06. The maximum atomic E-state index is 4.48. The average molecular weight is 376 g/mol. The summed E-state index contributed by atoms with van der Waals surface area (Å²) >= 11 is 1.65. The molecule has 0 saturated heterocycles. The highest BCUT2D eigenvalue weighted by molar-refractivity contribution is 7.17. The number of anilines is 2. The van der Waals surface area contributed by atoms with Crippen LogP contribution in [0.5, 0.6) is 0 Å². The molecule has 3 aromatic heterocycles. The van der Waals surface area contributed by atoms with E-state index in [0.717, 1.165) is 35.5 Å². The Labute approximate surface area is 161 Å². The van der Waals surface area contributed by atoms with Crippen molar-refractivity contribution >= 4 is 33.3 Å². The van der Waals surface area contributed by atoms with Gasteiger partial charge in [-0.1, -0.05) is 29.8 Å². The standard InChI is InChI=1S/C20H20N6S/c1-14-4-6-15(7-5-14)16-12-27-19-17(16)18(25-13-26-19)21-8-2-9-22-20-23-10-3-11-24-20/h3-7,10-13H,2,8-9H2,1H3,(H,21,25,26)(H,22,23,24). The summed E-state index contributed by atoms with van der Waals surface area (Å²) in [5, 5.41) is 9.91. The molecular formula is C20H20N6S. The second-order valence-electron chi connectivity index (χ2n) is 6.20. The lowest BCUT2D eigenvalue weighted by Crippen LogP contribution is -2.11. The normalized spacial score (nSPS) is 10.9. The quantitative estimate of drug-likeness (QED) is 0.467. The van der Waals surface area contributed by atoms with Crippen molar-refractivity contribution in [1.29, 1.82) is 0 Å². The second kappa shape index (κ2) is 8.09. The lowest BCUT2D eigenvalue weighted by molar-refractivity contribution is 0.891. The maximum absolute atomic E-state index is 4.48. The van der Waals surface area contributed by atoms with Crippen LogP contribution in [0.4, 0.5) is 11.8 Å². The summed E-state index contributed by atoms with van der Waals surface area (Å²) < 4.78 is 0. The minimum Gasteiger partial charge on any atom is -0.369 e. The van der Waals surface area contributed by atoms with E-state index in [9.17, 15) is 0 Å². The minimum absolute atomic E-state index is 0.654. The molecule has 0 aliphatic rings. The molecule has 0 radical (unpaired) electrons. The largest absolute Gasteiger partial charge is 0.369 e. The van der Waals surface area contributed by atoms with Crippen LogP contribution in [0.1, 0.15) is 12.0 Å². The number of nitrogens with one attached hydrogen (secondary N) is 2. The first-order chi connectivity index (χ1) is 13.3. The maximum Gasteiger partial charge on any atom is 0.222 e. The minimum atomic E-state index is 0.654. The molecule has 4 rings (SSSR count). The monoisotopic (exact) mass is 376 g/mol. The summed E-state index contributed by atoms with van der Waals surface area (Å²) in [4.78, 5) is 18.2. The van der Waals surface area contributed by atoms with Crippen molar-refractivity contribution < 1.29 is 0 Å². The summed E-state index contributed by atoms with van der Waals surface area (Å²) in [5.74, 6) is 1.54. The van der Waals surface area contributed by atoms with Crippen molar-refractivity contribution in [2.75, 3.05) is 23.7 Å². The number of hydrogen-bond donors (Lipinski definition) is 2. The molecule has 0 aliphatic heterocycles. The van der Waals surface area contributed by atoms with Crippen LogP contribution in [0, 0.1) is 6.92 Å². The Morgan fingerprint density at radius 1 is 0.926 bits per heavy atom. The third-order valence-corrected chi connectivity index (χ3v) is 5.11. The molecule has 0 fully saturated rings. The molecule has 0 unspecified atom stereocenters. The third kappa shape index (κ3) is 4.03. The lowest BCUT2D eigenvalue weighted by atomic mass is 10.0. The van der Waals surface area contributed by atoms with Gasteiger partial charge in [-0.3, -0.25) is 0 Å². The molecule has 2 N–H and O–H groups in total. The highest BCUT2D eigenvalue weighted by Crippen LogP contribution is 2.36. The van der Waals surface area contributed by atoms with Gasteiger partial charge in [0.25, 0.3) is 0 Å². The van der Waals surface area contributed by atoms with Crippen LogP contribution in [-0.2, 0) is 0 Å². The molecule has 4 aromatic rings. The van der Waals surface area contributed by atoms with Crippen molar-refractivity contribution in [3.63, 3.8) is 0 Å². The summed E-state index contributed by atoms with van der Waals surface area (Å²) in [6.07, 6.45) is 6.01. The highest BCUT2D eigenvalue weighted by atomic mass is 32.1. The van der Waals surface area contributed by atoms with Crippen molar-refractivity contribution in [1.82, 2.24) is 19.9 Å². The van der Waals surface area contributed by atoms with E-state index in [4.69, 9.17) is 0 Å². The van der Waals surface area contributed by atoms with E-state index in [0.29, 0.717) is 5.95 Å². The number of hydrogen-bond acceptors (Lipinski definition) is 7. The van der Waals surface area contributed by atoms with Gasteiger partial charge in [0.15, 0.2) is 0 Å². The Bertz CT molecular complexity index is 1010. The van der Waals surface area contributed by atoms with E-state index < -0.39 is 0 Å². The smallest absolute Gasteiger partial charge is 0.222 e. The lowest BCUT2D eigenvalue weighted by Gasteiger charge is -2.09. The van der Waals surface area contributed by atoms with E-state index >= 15 is 0 Å². The highest BCUT2D eigenvalue weighted by Gasteiger charge is 2.12. The molecule has 0 atom stereocenters. The van der Waals surface area contributed by atoms with Crippen molar-refractivity contribution in [3.05, 3.63) is 60.0 Å². The zero-order valence-corrected chi connectivity index (χ0v) is 15.8. The predicted octanol–water partition coefficient (Wildman–Crippen LogP) is 4.37. The van der Waals surface area contributed by atoms with E-state index in [2.05, 4.69) is 67.1 Å². The van der Waals surface area contributed by atoms with E-state index in [-0.39, 0.29) is 0 Å². The molecule has 136 valence electrons. The summed E-state index contributed by atoms with van der Waals surface area (Å²) in [5.41, 5.74) is 3.62. The summed E-state index contributed by atoms with van der Waals surface area (Å²) in [6, 6.07) is 10.4. The number of thiophene rings is 1. The van der Waals surface area contributed by atoms with Crippen molar-refractivity contribution in [3.8, 4) is 11.1 Å². The second-order valence-corrected chi connectivity index (χ2v) is 7.06. The molecule has 3 heterocycles. The van der Waals surface area contributed by atoms with Crippen LogP contribution in [0.3, 0.4) is 0 Å². The molecule has 7 heteroatoms. The van der Waals surface area contributed by atoms with Crippen LogP contribution in [0.15, 0.2) is 54.4 Å². The van der Waals surface area contributed by atoms with Gasteiger partial charge in [-0.05, 0) is 25.0 Å². The van der Waals surface area contributed by atoms with Crippen LogP contribution in [-0.4, -0.2) is 33.0 Å². The summed E-state index contributed by atoms with van der Waals surface area (Å²) in [7, 11) is 0. The number of nitrogens with zero attached hydrogens (tertiary/aromatic N) is 4. The Balaban J connectivity index is 1.45. The van der Waals surface area contributed by atoms with Crippen molar-refractivity contribution in [2.45, 2.75) is 13.3 Å². The fourth-order valence-electron chi connectivity index (χ4n) is 2.84. The van der Waals surface area contributed by atoms with Gasteiger partial charge in [-0.2, -0.15) is 0 Å². The van der Waals surface area contributed by atoms with Crippen LogP contribution < -0.4 is 10.6 Å². The Morgan fingerprint density at radius 3 is 2.52 bits per heavy atom. The van der Waals surface area contributed by atoms with Crippen LogP contribution in [0.25, 0.3) is 21.3 Å². The number of aromatic nitrogens is 4. The molecule has 0 amide bonds. The van der Waals surface area contributed by atoms with Crippen LogP contribution in [0.2, 0.25) is 0 Å². The first-order valence-corrected chi connectivity index (χ1v) is 9.73. The van der Waals surface area contributed by atoms with E-state index in [1.807, 2.05) is 0 Å². The SMILES string of the molecule is Cc1ccc(-c2csc3ncnc(NCCCNc4ncccn4)c23)cc1. The van der Waals surface area contributed by atoms with Gasteiger partial charge >= 0.3 is 0 Å². The van der Waals surface area contributed by atoms with Gasteiger partial charge in [0.2, 0.25) is 5.95 Å². The van der Waals surface area contributed by atoms with Gasteiger partial charge in [0.1, 0.15) is 17.0 Å². The molecule has 27 heavy (non-hydrogen) atoms. The van der Waals surface area contributed by atoms with Crippen LogP contribution >= 0.6 is 11.3 Å². The number of aryl methyl sites for hydroxylation is 1. The van der Waals surface area contributed by atoms with Gasteiger partial charge in [0.05, 0.1) is 5.39 Å². The van der Waals surface area contributed by atoms with Gasteiger partial charge < -0.3 is 10.6 Å². The Morgan fingerprint density at radius 2 is 1.70 bits per heavy atom. The summed E-state index contributed by atoms with van der Waals surface area (Å²) in [6.45, 7) is 3.69. The van der Waals surface area contributed by atoms with Crippen molar-refractivity contribution in [2.24, 2.45) is 0 Å². The number of benzene rings is 1. The predicted molar refractivity (Wildman–Crippen MR) is 111 cm³/mol. The first-order valence-electron chi connectivity index (χ1n) is 8.85. The van der Waals surface area contributed by atoms with E-state index in [1.54, 1.807) is 36.1 Å². The molecule has 0 bridgehead atoms. The molecule has 0 aliphatic carbocycles. The van der Waals surface area contributed by atoms with E-state index in [1.165, 1.54) is 16.7 Å². The molecule has 0 saturated carbocycles. The number of fused-ring (bicyclic) bond motifs is 1. The van der Waals surface area contributed by atoms with Gasteiger partial charge in [-0.15, -0.1) is 11.3 Å². The molecule has 1 aromatic carbocycles. The number of rotatable bonds is 7. The topological polar surface area (TPSA) is 75.6 Å². The molecule has 6 nitrogen and oxygen atoms in total. The molecule has 0 spiro atoms. The zero-order chi connectivity index (χ0) is 18.5. The third-order valence-electron chi connectivity index (χ3n) is 4.23.